The Morgan fingerprint density at radius 2 is 1.48 bits per heavy atom. The van der Waals surface area contributed by atoms with Crippen molar-refractivity contribution >= 4 is 0 Å². The summed E-state index contributed by atoms with van der Waals surface area (Å²) in [6, 6.07) is 18.8. The lowest BCUT2D eigenvalue weighted by molar-refractivity contribution is -0.297. The molecule has 2 bridgehead atoms. The van der Waals surface area contributed by atoms with E-state index in [1.807, 2.05) is 60.7 Å². The van der Waals surface area contributed by atoms with E-state index in [-0.39, 0.29) is 19.8 Å². The van der Waals surface area contributed by atoms with Crippen LogP contribution in [0.15, 0.2) is 60.7 Å². The molecule has 5 nitrogen and oxygen atoms in total. The minimum Gasteiger partial charge on any atom is -0.392 e. The molecule has 0 amide bonds. The van der Waals surface area contributed by atoms with Crippen LogP contribution in [0.2, 0.25) is 0 Å². The SMILES string of the molecule is OC[C@@]12CO[C@](O)(c3ccccc3)[C@@](c3ccccc3)(CO1)N2. The Hall–Kier alpha value is -1.76. The first-order valence-electron chi connectivity index (χ1n) is 7.66. The number of rotatable bonds is 3. The number of ether oxygens (including phenoxy) is 2. The summed E-state index contributed by atoms with van der Waals surface area (Å²) in [5.41, 5.74) is -0.484. The van der Waals surface area contributed by atoms with Gasteiger partial charge in [0.1, 0.15) is 5.54 Å². The van der Waals surface area contributed by atoms with Crippen molar-refractivity contribution in [2.24, 2.45) is 0 Å². The Balaban J connectivity index is 1.89. The van der Waals surface area contributed by atoms with E-state index >= 15 is 0 Å². The Morgan fingerprint density at radius 3 is 2.09 bits per heavy atom. The normalized spacial score (nSPS) is 36.1. The second kappa shape index (κ2) is 5.12. The van der Waals surface area contributed by atoms with E-state index in [1.165, 1.54) is 0 Å². The maximum absolute atomic E-state index is 11.5. The van der Waals surface area contributed by atoms with Gasteiger partial charge < -0.3 is 19.7 Å². The van der Waals surface area contributed by atoms with E-state index in [4.69, 9.17) is 9.47 Å². The Bertz CT molecular complexity index is 695. The first-order valence-corrected chi connectivity index (χ1v) is 7.66. The molecule has 2 saturated heterocycles. The van der Waals surface area contributed by atoms with Crippen LogP contribution in [0, 0.1) is 0 Å². The zero-order valence-electron chi connectivity index (χ0n) is 12.6. The van der Waals surface area contributed by atoms with E-state index in [1.54, 1.807) is 0 Å². The number of hydrogen-bond donors (Lipinski definition) is 3. The van der Waals surface area contributed by atoms with E-state index < -0.39 is 17.1 Å². The van der Waals surface area contributed by atoms with Crippen LogP contribution in [0.3, 0.4) is 0 Å². The van der Waals surface area contributed by atoms with Gasteiger partial charge in [-0.15, -0.1) is 0 Å². The fraction of sp³-hybridized carbons (Fsp3) is 0.333. The van der Waals surface area contributed by atoms with Crippen molar-refractivity contribution in [1.82, 2.24) is 5.32 Å². The van der Waals surface area contributed by atoms with Gasteiger partial charge in [-0.2, -0.15) is 0 Å². The van der Waals surface area contributed by atoms with Crippen molar-refractivity contribution < 1.29 is 19.7 Å². The summed E-state index contributed by atoms with van der Waals surface area (Å²) in [6.07, 6.45) is 0. The molecular formula is C18H19NO4. The fourth-order valence-corrected chi connectivity index (χ4v) is 3.51. The number of fused-ring (bicyclic) bond motifs is 2. The molecule has 5 heteroatoms. The van der Waals surface area contributed by atoms with Crippen LogP contribution in [0.5, 0.6) is 0 Å². The van der Waals surface area contributed by atoms with Crippen LogP contribution in [0.1, 0.15) is 11.1 Å². The molecule has 2 aromatic carbocycles. The molecule has 2 aliphatic heterocycles. The predicted molar refractivity (Wildman–Crippen MR) is 83.3 cm³/mol. The average molecular weight is 313 g/mol. The van der Waals surface area contributed by atoms with Gasteiger partial charge in [-0.25, -0.2) is 0 Å². The highest BCUT2D eigenvalue weighted by Gasteiger charge is 2.66. The van der Waals surface area contributed by atoms with Gasteiger partial charge >= 0.3 is 0 Å². The van der Waals surface area contributed by atoms with Crippen LogP contribution in [0.4, 0.5) is 0 Å². The lowest BCUT2D eigenvalue weighted by Crippen LogP contribution is -2.69. The van der Waals surface area contributed by atoms with Gasteiger partial charge in [-0.05, 0) is 5.56 Å². The van der Waals surface area contributed by atoms with Gasteiger partial charge in [0.15, 0.2) is 5.72 Å². The number of aliphatic hydroxyl groups is 2. The van der Waals surface area contributed by atoms with Crippen molar-refractivity contribution in [1.29, 1.82) is 0 Å². The molecule has 2 aromatic rings. The first-order chi connectivity index (χ1) is 11.1. The van der Waals surface area contributed by atoms with Crippen molar-refractivity contribution in [3.05, 3.63) is 71.8 Å². The van der Waals surface area contributed by atoms with Gasteiger partial charge in [-0.1, -0.05) is 60.7 Å². The summed E-state index contributed by atoms with van der Waals surface area (Å²) in [6.45, 7) is 0.0267. The summed E-state index contributed by atoms with van der Waals surface area (Å²) in [5, 5.41) is 24.5. The lowest BCUT2D eigenvalue weighted by Gasteiger charge is -2.49. The van der Waals surface area contributed by atoms with E-state index in [9.17, 15) is 10.2 Å². The third kappa shape index (κ3) is 1.99. The van der Waals surface area contributed by atoms with Gasteiger partial charge in [0.2, 0.25) is 5.79 Å². The minimum absolute atomic E-state index is 0.0590. The number of aliphatic hydroxyl groups excluding tert-OH is 1. The van der Waals surface area contributed by atoms with E-state index in [2.05, 4.69) is 5.32 Å². The molecule has 4 rings (SSSR count). The molecule has 2 aliphatic rings. The molecule has 0 aromatic heterocycles. The molecule has 0 radical (unpaired) electrons. The Kier molecular flexibility index (Phi) is 3.30. The summed E-state index contributed by atoms with van der Waals surface area (Å²) in [4.78, 5) is 0. The Labute approximate surface area is 134 Å². The Morgan fingerprint density at radius 1 is 0.870 bits per heavy atom. The smallest absolute Gasteiger partial charge is 0.218 e. The third-order valence-electron chi connectivity index (χ3n) is 4.79. The maximum atomic E-state index is 11.5. The number of hydrogen-bond acceptors (Lipinski definition) is 5. The number of morpholine rings is 1. The van der Waals surface area contributed by atoms with Crippen molar-refractivity contribution in [3.63, 3.8) is 0 Å². The van der Waals surface area contributed by atoms with Gasteiger partial charge in [0.25, 0.3) is 0 Å². The van der Waals surface area contributed by atoms with Crippen LogP contribution >= 0.6 is 0 Å². The maximum Gasteiger partial charge on any atom is 0.218 e. The summed E-state index contributed by atoms with van der Waals surface area (Å²) >= 11 is 0. The average Bonchev–Trinajstić information content (AvgIpc) is 2.98. The highest BCUT2D eigenvalue weighted by atomic mass is 16.7. The highest BCUT2D eigenvalue weighted by molar-refractivity contribution is 5.37. The second-order valence-corrected chi connectivity index (χ2v) is 6.14. The van der Waals surface area contributed by atoms with E-state index in [0.29, 0.717) is 5.56 Å². The molecule has 2 fully saturated rings. The topological polar surface area (TPSA) is 71.0 Å². The monoisotopic (exact) mass is 313 g/mol. The minimum atomic E-state index is -1.59. The molecule has 23 heavy (non-hydrogen) atoms. The number of nitrogens with one attached hydrogen (secondary N) is 1. The first kappa shape index (κ1) is 14.8. The molecule has 3 N–H and O–H groups in total. The van der Waals surface area contributed by atoms with Crippen molar-refractivity contribution in [2.45, 2.75) is 17.1 Å². The van der Waals surface area contributed by atoms with Crippen LogP contribution in [-0.2, 0) is 20.8 Å². The standard InChI is InChI=1S/C18H19NO4/c20-11-16-12-23-18(21,15-9-5-2-6-10-15)17(19-16,13-22-16)14-7-3-1-4-8-14/h1-10,19-21H,11-13H2/t16-,17-,18+/m0/s1. The predicted octanol–water partition coefficient (Wildman–Crippen LogP) is 1.07. The van der Waals surface area contributed by atoms with Gasteiger partial charge in [-0.3, -0.25) is 5.32 Å². The lowest BCUT2D eigenvalue weighted by atomic mass is 9.77. The van der Waals surface area contributed by atoms with Crippen LogP contribution in [0.25, 0.3) is 0 Å². The second-order valence-electron chi connectivity index (χ2n) is 6.14. The summed E-state index contributed by atoms with van der Waals surface area (Å²) < 4.78 is 11.7. The van der Waals surface area contributed by atoms with E-state index in [0.717, 1.165) is 5.56 Å². The molecule has 0 unspecified atom stereocenters. The fourth-order valence-electron chi connectivity index (χ4n) is 3.51. The highest BCUT2D eigenvalue weighted by Crippen LogP contribution is 2.50. The van der Waals surface area contributed by atoms with Crippen molar-refractivity contribution in [2.75, 3.05) is 19.8 Å². The van der Waals surface area contributed by atoms with Crippen LogP contribution < -0.4 is 5.32 Å². The zero-order chi connectivity index (χ0) is 16.0. The molecule has 0 aliphatic carbocycles. The summed E-state index contributed by atoms with van der Waals surface area (Å²) in [5.74, 6) is -1.59. The zero-order valence-corrected chi connectivity index (χ0v) is 12.6. The molecule has 0 spiro atoms. The largest absolute Gasteiger partial charge is 0.392 e. The molecule has 3 atom stereocenters. The summed E-state index contributed by atoms with van der Waals surface area (Å²) in [7, 11) is 0. The molecular weight excluding hydrogens is 294 g/mol. The third-order valence-corrected chi connectivity index (χ3v) is 4.79. The van der Waals surface area contributed by atoms with Gasteiger partial charge in [0, 0.05) is 5.56 Å². The van der Waals surface area contributed by atoms with Crippen molar-refractivity contribution in [3.8, 4) is 0 Å². The van der Waals surface area contributed by atoms with Crippen LogP contribution in [-0.4, -0.2) is 35.8 Å². The molecule has 120 valence electrons. The molecule has 0 saturated carbocycles. The van der Waals surface area contributed by atoms with Gasteiger partial charge in [0.05, 0.1) is 19.8 Å². The quantitative estimate of drug-likeness (QED) is 0.790. The number of benzene rings is 2. The molecule has 2 heterocycles.